The predicted octanol–water partition coefficient (Wildman–Crippen LogP) is 3.59. The molecular formula is C18H20N6O2S2. The van der Waals surface area contributed by atoms with Gasteiger partial charge in [0.05, 0.1) is 17.8 Å². The Balaban J connectivity index is 1.70. The SMILES string of the molecule is CCCCN1C(=O)C(=C2Sc3ccc(OC)cc3N2C)SC1=Nc1ncn[nH]1. The van der Waals surface area contributed by atoms with Crippen LogP contribution >= 0.6 is 23.5 Å². The number of carbonyl (C=O) groups excluding carboxylic acids is 1. The van der Waals surface area contributed by atoms with E-state index < -0.39 is 0 Å². The van der Waals surface area contributed by atoms with Crippen molar-refractivity contribution in [2.24, 2.45) is 4.99 Å². The van der Waals surface area contributed by atoms with Crippen molar-refractivity contribution in [2.75, 3.05) is 25.6 Å². The zero-order valence-electron chi connectivity index (χ0n) is 15.8. The van der Waals surface area contributed by atoms with Crippen molar-refractivity contribution in [1.29, 1.82) is 0 Å². The lowest BCUT2D eigenvalue weighted by molar-refractivity contribution is -0.122. The summed E-state index contributed by atoms with van der Waals surface area (Å²) in [5.74, 6) is 1.16. The largest absolute Gasteiger partial charge is 0.497 e. The number of rotatable bonds is 5. The lowest BCUT2D eigenvalue weighted by atomic mass is 10.3. The second-order valence-corrected chi connectivity index (χ2v) is 8.25. The minimum Gasteiger partial charge on any atom is -0.497 e. The van der Waals surface area contributed by atoms with Crippen molar-refractivity contribution in [3.05, 3.63) is 34.5 Å². The molecule has 0 saturated carbocycles. The van der Waals surface area contributed by atoms with E-state index in [1.807, 2.05) is 30.1 Å². The van der Waals surface area contributed by atoms with E-state index >= 15 is 0 Å². The van der Waals surface area contributed by atoms with Gasteiger partial charge in [-0.1, -0.05) is 25.1 Å². The van der Waals surface area contributed by atoms with E-state index in [4.69, 9.17) is 4.74 Å². The molecule has 1 amide bonds. The van der Waals surface area contributed by atoms with Gasteiger partial charge in [-0.15, -0.1) is 0 Å². The Morgan fingerprint density at radius 2 is 2.18 bits per heavy atom. The van der Waals surface area contributed by atoms with Crippen LogP contribution in [0.25, 0.3) is 0 Å². The number of nitrogens with zero attached hydrogens (tertiary/aromatic N) is 5. The number of hydrogen-bond acceptors (Lipinski definition) is 8. The first kappa shape index (κ1) is 18.9. The summed E-state index contributed by atoms with van der Waals surface area (Å²) in [5.41, 5.74) is 1.03. The van der Waals surface area contributed by atoms with E-state index in [9.17, 15) is 4.79 Å². The fourth-order valence-electron chi connectivity index (χ4n) is 2.93. The molecule has 1 aromatic carbocycles. The van der Waals surface area contributed by atoms with Gasteiger partial charge in [0.1, 0.15) is 17.0 Å². The van der Waals surface area contributed by atoms with Crippen LogP contribution in [-0.2, 0) is 4.79 Å². The summed E-state index contributed by atoms with van der Waals surface area (Å²) >= 11 is 2.97. The van der Waals surface area contributed by atoms with E-state index in [1.165, 1.54) is 18.1 Å². The topological polar surface area (TPSA) is 86.7 Å². The first-order valence-corrected chi connectivity index (χ1v) is 10.5. The van der Waals surface area contributed by atoms with Crippen molar-refractivity contribution in [2.45, 2.75) is 24.7 Å². The molecule has 0 bridgehead atoms. The molecule has 1 fully saturated rings. The number of methoxy groups -OCH3 is 1. The van der Waals surface area contributed by atoms with Gasteiger partial charge in [-0.2, -0.15) is 15.1 Å². The summed E-state index contributed by atoms with van der Waals surface area (Å²) in [4.78, 5) is 27.3. The lowest BCUT2D eigenvalue weighted by Crippen LogP contribution is -2.30. The smallest absolute Gasteiger partial charge is 0.269 e. The maximum Gasteiger partial charge on any atom is 0.269 e. The molecule has 2 aromatic rings. The van der Waals surface area contributed by atoms with Gasteiger partial charge in [-0.25, -0.2) is 5.10 Å². The number of aliphatic imine (C=N–C) groups is 1. The number of fused-ring (bicyclic) bond motifs is 1. The maximum atomic E-state index is 13.2. The molecule has 28 heavy (non-hydrogen) atoms. The summed E-state index contributed by atoms with van der Waals surface area (Å²) in [6, 6.07) is 5.94. The van der Waals surface area contributed by atoms with Crippen molar-refractivity contribution in [1.82, 2.24) is 20.1 Å². The summed E-state index contributed by atoms with van der Waals surface area (Å²) in [6.45, 7) is 2.73. The third-order valence-electron chi connectivity index (χ3n) is 4.44. The molecule has 10 heteroatoms. The third kappa shape index (κ3) is 3.37. The van der Waals surface area contributed by atoms with Crippen LogP contribution < -0.4 is 9.64 Å². The number of thioether (sulfide) groups is 2. The second kappa shape index (κ2) is 7.88. The molecule has 2 aliphatic heterocycles. The number of ether oxygens (including phenoxy) is 1. The molecule has 1 aromatic heterocycles. The van der Waals surface area contributed by atoms with Crippen LogP contribution in [0, 0.1) is 0 Å². The fraction of sp³-hybridized carbons (Fsp3) is 0.333. The number of amides is 1. The van der Waals surface area contributed by atoms with Crippen LogP contribution in [0.5, 0.6) is 5.75 Å². The highest BCUT2D eigenvalue weighted by molar-refractivity contribution is 8.19. The van der Waals surface area contributed by atoms with Crippen molar-refractivity contribution in [3.63, 3.8) is 0 Å². The molecule has 2 aliphatic rings. The van der Waals surface area contributed by atoms with E-state index in [-0.39, 0.29) is 5.91 Å². The number of hydrogen-bond donors (Lipinski definition) is 1. The molecule has 4 rings (SSSR count). The molecule has 1 N–H and O–H groups in total. The number of anilines is 1. The lowest BCUT2D eigenvalue weighted by Gasteiger charge is -2.16. The van der Waals surface area contributed by atoms with Crippen LogP contribution in [0.2, 0.25) is 0 Å². The monoisotopic (exact) mass is 416 g/mol. The zero-order valence-corrected chi connectivity index (χ0v) is 17.4. The highest BCUT2D eigenvalue weighted by Crippen LogP contribution is 2.50. The van der Waals surface area contributed by atoms with Crippen LogP contribution in [0.4, 0.5) is 11.6 Å². The second-order valence-electron chi connectivity index (χ2n) is 6.24. The van der Waals surface area contributed by atoms with Gasteiger partial charge >= 0.3 is 0 Å². The number of aromatic amines is 1. The van der Waals surface area contributed by atoms with Crippen LogP contribution in [0.15, 0.2) is 44.3 Å². The van der Waals surface area contributed by atoms with Gasteiger partial charge < -0.3 is 9.64 Å². The van der Waals surface area contributed by atoms with E-state index in [2.05, 4.69) is 27.1 Å². The van der Waals surface area contributed by atoms with Gasteiger partial charge in [0.25, 0.3) is 5.91 Å². The Kier molecular flexibility index (Phi) is 5.31. The van der Waals surface area contributed by atoms with Gasteiger partial charge in [-0.3, -0.25) is 9.69 Å². The van der Waals surface area contributed by atoms with Gasteiger partial charge in [0, 0.05) is 24.6 Å². The predicted molar refractivity (Wildman–Crippen MR) is 112 cm³/mol. The minimum absolute atomic E-state index is 0.0224. The zero-order chi connectivity index (χ0) is 19.7. The normalized spacial score (nSPS) is 20.4. The van der Waals surface area contributed by atoms with Gasteiger partial charge in [0.15, 0.2) is 5.17 Å². The Hall–Kier alpha value is -2.46. The summed E-state index contributed by atoms with van der Waals surface area (Å²) in [6.07, 6.45) is 3.31. The first-order valence-electron chi connectivity index (χ1n) is 8.90. The molecule has 1 saturated heterocycles. The average Bonchev–Trinajstić information content (AvgIpc) is 3.40. The third-order valence-corrected chi connectivity index (χ3v) is 6.87. The fourth-order valence-corrected chi connectivity index (χ4v) is 5.26. The first-order chi connectivity index (χ1) is 13.6. The minimum atomic E-state index is -0.0224. The van der Waals surface area contributed by atoms with Crippen LogP contribution in [-0.4, -0.2) is 51.9 Å². The molecule has 0 aliphatic carbocycles. The molecule has 3 heterocycles. The van der Waals surface area contributed by atoms with Gasteiger partial charge in [-0.05, 0) is 30.3 Å². The molecule has 0 spiro atoms. The van der Waals surface area contributed by atoms with Crippen LogP contribution in [0.1, 0.15) is 19.8 Å². The quantitative estimate of drug-likeness (QED) is 0.746. The molecule has 146 valence electrons. The standard InChI is InChI=1S/C18H20N6O2S2/c1-4-5-8-24-15(25)14(28-18(24)21-17-19-10-20-22-17)16-23(2)12-9-11(26-3)6-7-13(12)27-16/h6-7,9-10H,4-5,8H2,1-3H3,(H,19,20,22). The Labute approximate surface area is 171 Å². The summed E-state index contributed by atoms with van der Waals surface area (Å²) < 4.78 is 5.34. The molecule has 0 atom stereocenters. The number of benzene rings is 1. The Bertz CT molecular complexity index is 957. The highest BCUT2D eigenvalue weighted by atomic mass is 32.2. The number of amidine groups is 1. The maximum absolute atomic E-state index is 13.2. The molecule has 8 nitrogen and oxygen atoms in total. The van der Waals surface area contributed by atoms with E-state index in [1.54, 1.807) is 23.8 Å². The van der Waals surface area contributed by atoms with Crippen LogP contribution in [0.3, 0.4) is 0 Å². The van der Waals surface area contributed by atoms with E-state index in [0.717, 1.165) is 34.2 Å². The number of H-pyrrole nitrogens is 1. The number of carbonyl (C=O) groups is 1. The van der Waals surface area contributed by atoms with E-state index in [0.29, 0.717) is 22.6 Å². The number of aromatic nitrogens is 3. The summed E-state index contributed by atoms with van der Waals surface area (Å²) in [5, 5.41) is 8.09. The van der Waals surface area contributed by atoms with Crippen molar-refractivity contribution >= 4 is 46.2 Å². The van der Waals surface area contributed by atoms with Gasteiger partial charge in [0.2, 0.25) is 5.95 Å². The Morgan fingerprint density at radius 1 is 1.32 bits per heavy atom. The molecule has 0 unspecified atom stereocenters. The number of unbranched alkanes of at least 4 members (excludes halogenated alkanes) is 1. The molecule has 0 radical (unpaired) electrons. The highest BCUT2D eigenvalue weighted by Gasteiger charge is 2.39. The van der Waals surface area contributed by atoms with Crippen molar-refractivity contribution in [3.8, 4) is 5.75 Å². The average molecular weight is 417 g/mol. The Morgan fingerprint density at radius 3 is 2.89 bits per heavy atom. The number of nitrogens with one attached hydrogen (secondary N) is 1. The summed E-state index contributed by atoms with van der Waals surface area (Å²) in [7, 11) is 3.62. The van der Waals surface area contributed by atoms with Crippen molar-refractivity contribution < 1.29 is 9.53 Å². The molecular weight excluding hydrogens is 396 g/mol.